The first-order valence-electron chi connectivity index (χ1n) is 5.70. The fraction of sp³-hybridized carbons (Fsp3) is 0.500. The molecule has 1 aromatic heterocycles. The van der Waals surface area contributed by atoms with Gasteiger partial charge < -0.3 is 5.11 Å². The van der Waals surface area contributed by atoms with Crippen molar-refractivity contribution in [1.82, 2.24) is 14.8 Å². The number of hydrazone groups is 1. The molecule has 1 N–H and O–H groups in total. The summed E-state index contributed by atoms with van der Waals surface area (Å²) in [6.45, 7) is -3.27. The fourth-order valence-electron chi connectivity index (χ4n) is 1.85. The Labute approximate surface area is 118 Å². The van der Waals surface area contributed by atoms with E-state index in [1.165, 1.54) is 0 Å². The van der Waals surface area contributed by atoms with E-state index in [2.05, 4.69) is 10.2 Å². The Kier molecular flexibility index (Phi) is 4.13. The van der Waals surface area contributed by atoms with E-state index < -0.39 is 48.9 Å². The molecule has 1 aliphatic heterocycles. The predicted molar refractivity (Wildman–Crippen MR) is 58.7 cm³/mol. The highest BCUT2D eigenvalue weighted by Gasteiger charge is 2.54. The van der Waals surface area contributed by atoms with Gasteiger partial charge in [-0.1, -0.05) is 0 Å². The molecule has 0 radical (unpaired) electrons. The summed E-state index contributed by atoms with van der Waals surface area (Å²) in [5.74, 6) is -1.60. The number of rotatable bonds is 4. The second kappa shape index (κ2) is 5.59. The predicted octanol–water partition coefficient (Wildman–Crippen LogP) is 1.70. The molecule has 0 bridgehead atoms. The van der Waals surface area contributed by atoms with Crippen molar-refractivity contribution in [3.63, 3.8) is 0 Å². The van der Waals surface area contributed by atoms with Crippen molar-refractivity contribution < 1.29 is 36.2 Å². The van der Waals surface area contributed by atoms with Gasteiger partial charge in [-0.25, -0.2) is 17.6 Å². The van der Waals surface area contributed by atoms with Crippen molar-refractivity contribution in [3.05, 3.63) is 18.0 Å². The van der Waals surface area contributed by atoms with Crippen LogP contribution in [0.5, 0.6) is 0 Å². The largest absolute Gasteiger partial charge is 0.364 e. The van der Waals surface area contributed by atoms with Crippen molar-refractivity contribution in [2.45, 2.75) is 31.5 Å². The second-order valence-electron chi connectivity index (χ2n) is 4.30. The van der Waals surface area contributed by atoms with Crippen molar-refractivity contribution in [1.29, 1.82) is 0 Å². The lowest BCUT2D eigenvalue weighted by Crippen LogP contribution is -2.52. The van der Waals surface area contributed by atoms with Crippen LogP contribution in [0.4, 0.5) is 26.3 Å². The molecule has 2 rings (SSSR count). The summed E-state index contributed by atoms with van der Waals surface area (Å²) in [7, 11) is 0. The molecule has 1 amide bonds. The molecule has 0 saturated heterocycles. The maximum Gasteiger partial charge on any atom is 0.333 e. The Hall–Kier alpha value is -2.11. The van der Waals surface area contributed by atoms with Crippen LogP contribution >= 0.6 is 0 Å². The molecule has 12 heteroatoms. The van der Waals surface area contributed by atoms with Gasteiger partial charge in [-0.3, -0.25) is 4.79 Å². The van der Waals surface area contributed by atoms with Gasteiger partial charge in [-0.05, 0) is 6.07 Å². The highest BCUT2D eigenvalue weighted by atomic mass is 19.3. The van der Waals surface area contributed by atoms with E-state index in [0.29, 0.717) is 0 Å². The van der Waals surface area contributed by atoms with E-state index in [4.69, 9.17) is 0 Å². The summed E-state index contributed by atoms with van der Waals surface area (Å²) in [6.07, 6.45) is -7.44. The molecule has 2 heterocycles. The quantitative estimate of drug-likeness (QED) is 0.854. The Balaban J connectivity index is 2.43. The third kappa shape index (κ3) is 2.53. The van der Waals surface area contributed by atoms with Crippen molar-refractivity contribution in [2.75, 3.05) is 0 Å². The molecule has 22 heavy (non-hydrogen) atoms. The highest BCUT2D eigenvalue weighted by Crippen LogP contribution is 2.34. The molecule has 6 nitrogen and oxygen atoms in total. The SMILES string of the molecule is O=C(c1ccnn1C(F)F)N1N=C(C(F)F)C[C@@]1(O)C(F)F. The zero-order valence-corrected chi connectivity index (χ0v) is 10.5. The monoisotopic (exact) mass is 330 g/mol. The number of hydrogen-bond donors (Lipinski definition) is 1. The first-order valence-corrected chi connectivity index (χ1v) is 5.70. The van der Waals surface area contributed by atoms with E-state index in [9.17, 15) is 36.2 Å². The zero-order valence-electron chi connectivity index (χ0n) is 10.5. The van der Waals surface area contributed by atoms with Gasteiger partial charge >= 0.3 is 6.55 Å². The summed E-state index contributed by atoms with van der Waals surface area (Å²) >= 11 is 0. The summed E-state index contributed by atoms with van der Waals surface area (Å²) in [6, 6.07) is 0.760. The third-order valence-electron chi connectivity index (χ3n) is 2.90. The number of hydrogen-bond acceptors (Lipinski definition) is 4. The van der Waals surface area contributed by atoms with Crippen LogP contribution in [0.15, 0.2) is 17.4 Å². The average molecular weight is 330 g/mol. The number of aromatic nitrogens is 2. The van der Waals surface area contributed by atoms with Gasteiger partial charge in [0.2, 0.25) is 5.72 Å². The van der Waals surface area contributed by atoms with Gasteiger partial charge in [-0.15, -0.1) is 0 Å². The lowest BCUT2D eigenvalue weighted by molar-refractivity contribution is -0.164. The molecule has 1 atom stereocenters. The number of nitrogens with zero attached hydrogens (tertiary/aromatic N) is 4. The zero-order chi connectivity index (χ0) is 16.7. The standard InChI is InChI=1S/C10H8F6N4O2/c11-6(12)4-3-10(22,8(13)14)20(18-4)7(21)5-1-2-17-19(5)9(15)16/h1-2,6,8-9,22H,3H2/t10-/m1/s1. The van der Waals surface area contributed by atoms with Crippen molar-refractivity contribution >= 4 is 11.6 Å². The maximum atomic E-state index is 12.9. The van der Waals surface area contributed by atoms with Crippen LogP contribution in [-0.2, 0) is 0 Å². The normalized spacial score (nSPS) is 22.1. The molecule has 122 valence electrons. The van der Waals surface area contributed by atoms with E-state index in [1.807, 2.05) is 0 Å². The van der Waals surface area contributed by atoms with Crippen molar-refractivity contribution in [3.8, 4) is 0 Å². The minimum atomic E-state index is -3.64. The Bertz CT molecular complexity index is 604. The van der Waals surface area contributed by atoms with E-state index >= 15 is 0 Å². The molecular formula is C10H8F6N4O2. The molecule has 0 unspecified atom stereocenters. The smallest absolute Gasteiger partial charge is 0.333 e. The molecule has 0 fully saturated rings. The van der Waals surface area contributed by atoms with Gasteiger partial charge in [0, 0.05) is 12.6 Å². The fourth-order valence-corrected chi connectivity index (χ4v) is 1.85. The first kappa shape index (κ1) is 16.3. The van der Waals surface area contributed by atoms with Crippen LogP contribution in [0.3, 0.4) is 0 Å². The first-order chi connectivity index (χ1) is 10.2. The summed E-state index contributed by atoms with van der Waals surface area (Å²) in [5, 5.41) is 15.5. The van der Waals surface area contributed by atoms with Gasteiger partial charge in [-0.2, -0.15) is 28.7 Å². The summed E-state index contributed by atoms with van der Waals surface area (Å²) < 4.78 is 76.2. The van der Waals surface area contributed by atoms with Crippen LogP contribution in [0.25, 0.3) is 0 Å². The van der Waals surface area contributed by atoms with Gasteiger partial charge in [0.15, 0.2) is 0 Å². The van der Waals surface area contributed by atoms with Crippen LogP contribution in [0, 0.1) is 0 Å². The Morgan fingerprint density at radius 1 is 1.27 bits per heavy atom. The topological polar surface area (TPSA) is 70.7 Å². The van der Waals surface area contributed by atoms with Crippen LogP contribution in [0.1, 0.15) is 23.5 Å². The number of aliphatic hydroxyl groups is 1. The third-order valence-corrected chi connectivity index (χ3v) is 2.90. The Morgan fingerprint density at radius 3 is 2.41 bits per heavy atom. The van der Waals surface area contributed by atoms with Crippen LogP contribution < -0.4 is 0 Å². The molecule has 1 aromatic rings. The van der Waals surface area contributed by atoms with E-state index in [-0.39, 0.29) is 9.69 Å². The van der Waals surface area contributed by atoms with Gasteiger partial charge in [0.1, 0.15) is 11.4 Å². The molecule has 0 spiro atoms. The minimum absolute atomic E-state index is 0.107. The minimum Gasteiger partial charge on any atom is -0.364 e. The summed E-state index contributed by atoms with van der Waals surface area (Å²) in [4.78, 5) is 12.0. The number of halogens is 6. The molecule has 0 aromatic carbocycles. The molecule has 0 aliphatic carbocycles. The van der Waals surface area contributed by atoms with Gasteiger partial charge in [0.25, 0.3) is 18.8 Å². The average Bonchev–Trinajstić information content (AvgIpc) is 3.02. The van der Waals surface area contributed by atoms with Crippen molar-refractivity contribution in [2.24, 2.45) is 5.10 Å². The molecule has 0 saturated carbocycles. The molecule has 1 aliphatic rings. The number of amides is 1. The van der Waals surface area contributed by atoms with E-state index in [0.717, 1.165) is 12.3 Å². The number of alkyl halides is 6. The van der Waals surface area contributed by atoms with Gasteiger partial charge in [0.05, 0.1) is 0 Å². The Morgan fingerprint density at radius 2 is 1.91 bits per heavy atom. The summed E-state index contributed by atoms with van der Waals surface area (Å²) in [5.41, 5.74) is -5.37. The maximum absolute atomic E-state index is 12.9. The molecular weight excluding hydrogens is 322 g/mol. The van der Waals surface area contributed by atoms with Crippen LogP contribution in [-0.4, -0.2) is 50.1 Å². The lowest BCUT2D eigenvalue weighted by Gasteiger charge is -2.29. The number of carbonyl (C=O) groups is 1. The van der Waals surface area contributed by atoms with E-state index in [1.54, 1.807) is 0 Å². The lowest BCUT2D eigenvalue weighted by atomic mass is 10.1. The second-order valence-corrected chi connectivity index (χ2v) is 4.30. The highest BCUT2D eigenvalue weighted by molar-refractivity contribution is 5.98. The van der Waals surface area contributed by atoms with Crippen LogP contribution in [0.2, 0.25) is 0 Å². The number of carbonyl (C=O) groups excluding carboxylic acids is 1.